The van der Waals surface area contributed by atoms with Gasteiger partial charge in [0.2, 0.25) is 0 Å². The van der Waals surface area contributed by atoms with Gasteiger partial charge in [0.25, 0.3) is 0 Å². The standard InChI is InChI=1S/C14H24INSi/c1-17(2,3)12-8-7-11-14(16-15)13-9-5-4-6-10-13/h4-6,9-10,14,16H,7-8,11-12H2,1-3H3. The Balaban J connectivity index is 2.34. The molecule has 0 heterocycles. The van der Waals surface area contributed by atoms with Crippen molar-refractivity contribution < 1.29 is 0 Å². The monoisotopic (exact) mass is 361 g/mol. The fourth-order valence-electron chi connectivity index (χ4n) is 1.97. The van der Waals surface area contributed by atoms with E-state index < -0.39 is 8.07 Å². The molecule has 0 amide bonds. The Bertz CT molecular complexity index is 308. The van der Waals surface area contributed by atoms with Crippen molar-refractivity contribution in [3.05, 3.63) is 35.9 Å². The Hall–Kier alpha value is 0.127. The molecular formula is C14H24INSi. The highest BCUT2D eigenvalue weighted by molar-refractivity contribution is 14.1. The summed E-state index contributed by atoms with van der Waals surface area (Å²) in [6, 6.07) is 12.7. The second-order valence-corrected chi connectivity index (χ2v) is 12.1. The van der Waals surface area contributed by atoms with E-state index >= 15 is 0 Å². The molecule has 0 bridgehead atoms. The van der Waals surface area contributed by atoms with Crippen LogP contribution in [0, 0.1) is 0 Å². The number of nitrogens with one attached hydrogen (secondary N) is 1. The summed E-state index contributed by atoms with van der Waals surface area (Å²) in [6.45, 7) is 7.37. The van der Waals surface area contributed by atoms with Crippen LogP contribution in [0.25, 0.3) is 0 Å². The molecule has 0 radical (unpaired) electrons. The Morgan fingerprint density at radius 1 is 1.12 bits per heavy atom. The van der Waals surface area contributed by atoms with Crippen LogP contribution in [0.2, 0.25) is 25.7 Å². The van der Waals surface area contributed by atoms with E-state index in [0.29, 0.717) is 6.04 Å². The van der Waals surface area contributed by atoms with E-state index in [4.69, 9.17) is 0 Å². The summed E-state index contributed by atoms with van der Waals surface area (Å²) in [5.41, 5.74) is 1.41. The third kappa shape index (κ3) is 6.57. The quantitative estimate of drug-likeness (QED) is 0.306. The fourth-order valence-corrected chi connectivity index (χ4v) is 3.96. The molecule has 17 heavy (non-hydrogen) atoms. The van der Waals surface area contributed by atoms with Gasteiger partial charge in [-0.05, 0) is 12.0 Å². The number of hydrogen-bond donors (Lipinski definition) is 1. The first kappa shape index (κ1) is 15.2. The molecule has 0 aliphatic carbocycles. The van der Waals surface area contributed by atoms with Crippen molar-refractivity contribution in [3.63, 3.8) is 0 Å². The summed E-state index contributed by atoms with van der Waals surface area (Å²) in [5, 5.41) is 0. The molecule has 1 nitrogen and oxygen atoms in total. The van der Waals surface area contributed by atoms with Crippen LogP contribution in [0.4, 0.5) is 0 Å². The van der Waals surface area contributed by atoms with Gasteiger partial charge in [-0.15, -0.1) is 0 Å². The van der Waals surface area contributed by atoms with Crippen molar-refractivity contribution in [1.82, 2.24) is 3.53 Å². The molecule has 0 fully saturated rings. The Labute approximate surface area is 121 Å². The van der Waals surface area contributed by atoms with Gasteiger partial charge in [-0.3, -0.25) is 3.53 Å². The lowest BCUT2D eigenvalue weighted by Gasteiger charge is -2.18. The zero-order valence-electron chi connectivity index (χ0n) is 11.2. The van der Waals surface area contributed by atoms with Gasteiger partial charge in [0.1, 0.15) is 0 Å². The molecule has 1 unspecified atom stereocenters. The van der Waals surface area contributed by atoms with E-state index in [-0.39, 0.29) is 0 Å². The Morgan fingerprint density at radius 3 is 2.29 bits per heavy atom. The number of unbranched alkanes of at least 4 members (excludes halogenated alkanes) is 1. The Kier molecular flexibility index (Phi) is 6.73. The van der Waals surface area contributed by atoms with Gasteiger partial charge < -0.3 is 0 Å². The maximum atomic E-state index is 3.40. The molecule has 1 aromatic rings. The SMILES string of the molecule is C[Si](C)(C)CCCCC(NI)c1ccccc1. The summed E-state index contributed by atoms with van der Waals surface area (Å²) < 4.78 is 3.40. The van der Waals surface area contributed by atoms with E-state index in [9.17, 15) is 0 Å². The van der Waals surface area contributed by atoms with Gasteiger partial charge in [-0.1, -0.05) is 68.9 Å². The summed E-state index contributed by atoms with van der Waals surface area (Å²) in [5.74, 6) is 0. The number of benzene rings is 1. The zero-order valence-corrected chi connectivity index (χ0v) is 14.3. The molecule has 0 aliphatic rings. The highest BCUT2D eigenvalue weighted by Gasteiger charge is 2.13. The first-order valence-corrected chi connectivity index (χ1v) is 11.2. The van der Waals surface area contributed by atoms with Crippen molar-refractivity contribution in [1.29, 1.82) is 0 Å². The van der Waals surface area contributed by atoms with Crippen LogP contribution in [-0.2, 0) is 0 Å². The lowest BCUT2D eigenvalue weighted by molar-refractivity contribution is 0.583. The van der Waals surface area contributed by atoms with Crippen molar-refractivity contribution in [2.24, 2.45) is 0 Å². The minimum absolute atomic E-state index is 0.512. The number of halogens is 1. The van der Waals surface area contributed by atoms with Crippen molar-refractivity contribution >= 4 is 30.9 Å². The predicted octanol–water partition coefficient (Wildman–Crippen LogP) is 5.18. The molecule has 0 saturated carbocycles. The first-order valence-electron chi connectivity index (χ1n) is 6.44. The summed E-state index contributed by atoms with van der Waals surface area (Å²) in [7, 11) is -0.841. The van der Waals surface area contributed by atoms with Crippen molar-refractivity contribution in [2.75, 3.05) is 0 Å². The number of hydrogen-bond acceptors (Lipinski definition) is 1. The summed E-state index contributed by atoms with van der Waals surface area (Å²) in [6.07, 6.45) is 3.97. The maximum absolute atomic E-state index is 3.40. The fraction of sp³-hybridized carbons (Fsp3) is 0.571. The van der Waals surface area contributed by atoms with Gasteiger partial charge in [-0.2, -0.15) is 0 Å². The van der Waals surface area contributed by atoms with Crippen LogP contribution in [0.3, 0.4) is 0 Å². The molecule has 0 saturated heterocycles. The van der Waals surface area contributed by atoms with Gasteiger partial charge >= 0.3 is 0 Å². The maximum Gasteiger partial charge on any atom is 0.0442 e. The van der Waals surface area contributed by atoms with E-state index in [1.54, 1.807) is 0 Å². The first-order chi connectivity index (χ1) is 8.03. The molecular weight excluding hydrogens is 337 g/mol. The molecule has 0 aromatic heterocycles. The molecule has 0 spiro atoms. The average Bonchev–Trinajstić information content (AvgIpc) is 2.29. The predicted molar refractivity (Wildman–Crippen MR) is 88.3 cm³/mol. The van der Waals surface area contributed by atoms with Crippen LogP contribution in [0.15, 0.2) is 30.3 Å². The molecule has 1 atom stereocenters. The van der Waals surface area contributed by atoms with Gasteiger partial charge in [-0.25, -0.2) is 0 Å². The number of rotatable bonds is 7. The molecule has 1 rings (SSSR count). The van der Waals surface area contributed by atoms with E-state index in [1.165, 1.54) is 30.9 Å². The third-order valence-corrected chi connectivity index (χ3v) is 5.61. The minimum Gasteiger partial charge on any atom is -0.254 e. The molecule has 0 aliphatic heterocycles. The molecule has 3 heteroatoms. The Morgan fingerprint density at radius 2 is 1.76 bits per heavy atom. The van der Waals surface area contributed by atoms with Crippen LogP contribution >= 0.6 is 22.9 Å². The zero-order chi connectivity index (χ0) is 12.7. The van der Waals surface area contributed by atoms with Crippen molar-refractivity contribution in [2.45, 2.75) is 51.0 Å². The van der Waals surface area contributed by atoms with Crippen molar-refractivity contribution in [3.8, 4) is 0 Å². The minimum atomic E-state index is -0.841. The summed E-state index contributed by atoms with van der Waals surface area (Å²) in [4.78, 5) is 0. The second kappa shape index (κ2) is 7.54. The lowest BCUT2D eigenvalue weighted by atomic mass is 10.0. The lowest BCUT2D eigenvalue weighted by Crippen LogP contribution is -2.19. The molecule has 1 aromatic carbocycles. The molecule has 96 valence electrons. The second-order valence-electron chi connectivity index (χ2n) is 5.88. The van der Waals surface area contributed by atoms with Gasteiger partial charge in [0.15, 0.2) is 0 Å². The van der Waals surface area contributed by atoms with E-state index in [0.717, 1.165) is 0 Å². The van der Waals surface area contributed by atoms with Crippen LogP contribution in [0.1, 0.15) is 30.9 Å². The van der Waals surface area contributed by atoms with Crippen LogP contribution in [0.5, 0.6) is 0 Å². The normalized spacial score (nSPS) is 13.6. The van der Waals surface area contributed by atoms with Crippen LogP contribution in [-0.4, -0.2) is 8.07 Å². The average molecular weight is 361 g/mol. The topological polar surface area (TPSA) is 12.0 Å². The van der Waals surface area contributed by atoms with E-state index in [2.05, 4.69) is 76.4 Å². The third-order valence-electron chi connectivity index (χ3n) is 3.00. The van der Waals surface area contributed by atoms with Gasteiger partial charge in [0, 0.05) is 37.0 Å². The largest absolute Gasteiger partial charge is 0.254 e. The molecule has 1 N–H and O–H groups in total. The smallest absolute Gasteiger partial charge is 0.0442 e. The van der Waals surface area contributed by atoms with E-state index in [1.807, 2.05) is 0 Å². The van der Waals surface area contributed by atoms with Crippen LogP contribution < -0.4 is 3.53 Å². The summed E-state index contributed by atoms with van der Waals surface area (Å²) >= 11 is 2.28. The van der Waals surface area contributed by atoms with Gasteiger partial charge in [0.05, 0.1) is 0 Å². The highest BCUT2D eigenvalue weighted by atomic mass is 127. The highest BCUT2D eigenvalue weighted by Crippen LogP contribution is 2.22.